The van der Waals surface area contributed by atoms with E-state index in [9.17, 15) is 9.59 Å². The largest absolute Gasteiger partial charge is 0.497 e. The number of hydrogen-bond acceptors (Lipinski definition) is 4. The molecule has 3 rings (SSSR count). The molecule has 0 unspecified atom stereocenters. The van der Waals surface area contributed by atoms with E-state index in [2.05, 4.69) is 22.8 Å². The molecule has 0 bridgehead atoms. The van der Waals surface area contributed by atoms with Crippen molar-refractivity contribution in [1.82, 2.24) is 10.6 Å². The standard InChI is InChI=1S/C24H29ClN2O4/c1-30-21-8-4-19(5-9-21)24(12-14-31-15-13-24)17-27-23(29)11-10-22(28)26-16-18-2-6-20(25)7-3-18/h2-9H,10-17H2,1H3,(H,26,28)(H,27,29). The lowest BCUT2D eigenvalue weighted by molar-refractivity contribution is -0.126. The number of halogens is 1. The Bertz CT molecular complexity index is 862. The van der Waals surface area contributed by atoms with Gasteiger partial charge in [0.1, 0.15) is 5.75 Å². The first-order valence-electron chi connectivity index (χ1n) is 10.5. The Balaban J connectivity index is 1.47. The van der Waals surface area contributed by atoms with Crippen LogP contribution in [0.15, 0.2) is 48.5 Å². The van der Waals surface area contributed by atoms with Gasteiger partial charge in [-0.05, 0) is 48.2 Å². The Morgan fingerprint density at radius 2 is 1.58 bits per heavy atom. The van der Waals surface area contributed by atoms with Crippen LogP contribution in [0.5, 0.6) is 5.75 Å². The molecule has 0 aliphatic carbocycles. The average Bonchev–Trinajstić information content (AvgIpc) is 2.81. The SMILES string of the molecule is COc1ccc(C2(CNC(=O)CCC(=O)NCc3ccc(Cl)cc3)CCOCC2)cc1. The van der Waals surface area contributed by atoms with E-state index in [0.29, 0.717) is 31.3 Å². The topological polar surface area (TPSA) is 76.7 Å². The molecule has 1 aliphatic rings. The first-order valence-corrected chi connectivity index (χ1v) is 10.9. The molecule has 1 saturated heterocycles. The van der Waals surface area contributed by atoms with Crippen LogP contribution >= 0.6 is 11.6 Å². The minimum absolute atomic E-state index is 0.124. The van der Waals surface area contributed by atoms with Crippen molar-refractivity contribution in [1.29, 1.82) is 0 Å². The van der Waals surface area contributed by atoms with Gasteiger partial charge in [0, 0.05) is 49.6 Å². The molecule has 166 valence electrons. The molecule has 0 aromatic heterocycles. The molecule has 0 atom stereocenters. The Labute approximate surface area is 188 Å². The van der Waals surface area contributed by atoms with Gasteiger partial charge in [-0.25, -0.2) is 0 Å². The van der Waals surface area contributed by atoms with E-state index >= 15 is 0 Å². The smallest absolute Gasteiger partial charge is 0.220 e. The van der Waals surface area contributed by atoms with Gasteiger partial charge in [0.15, 0.2) is 0 Å². The predicted octanol–water partition coefficient (Wildman–Crippen LogP) is 3.61. The molecule has 0 radical (unpaired) electrons. The second-order valence-electron chi connectivity index (χ2n) is 7.80. The van der Waals surface area contributed by atoms with Crippen LogP contribution in [-0.2, 0) is 26.3 Å². The van der Waals surface area contributed by atoms with Crippen LogP contribution in [0.4, 0.5) is 0 Å². The number of rotatable bonds is 9. The summed E-state index contributed by atoms with van der Waals surface area (Å²) in [7, 11) is 1.64. The van der Waals surface area contributed by atoms with Crippen molar-refractivity contribution in [3.05, 3.63) is 64.7 Å². The van der Waals surface area contributed by atoms with Crippen LogP contribution in [0, 0.1) is 0 Å². The van der Waals surface area contributed by atoms with Crippen molar-refractivity contribution in [2.45, 2.75) is 37.6 Å². The van der Waals surface area contributed by atoms with Crippen molar-refractivity contribution < 1.29 is 19.1 Å². The number of amides is 2. The Morgan fingerprint density at radius 3 is 2.19 bits per heavy atom. The molecule has 1 aliphatic heterocycles. The summed E-state index contributed by atoms with van der Waals surface area (Å²) in [6.45, 7) is 2.26. The van der Waals surface area contributed by atoms with Crippen LogP contribution in [0.25, 0.3) is 0 Å². The molecule has 0 saturated carbocycles. The number of methoxy groups -OCH3 is 1. The molecule has 6 nitrogen and oxygen atoms in total. The first kappa shape index (κ1) is 23.1. The van der Waals surface area contributed by atoms with E-state index in [1.54, 1.807) is 19.2 Å². The van der Waals surface area contributed by atoms with Gasteiger partial charge < -0.3 is 20.1 Å². The lowest BCUT2D eigenvalue weighted by Gasteiger charge is -2.38. The Morgan fingerprint density at radius 1 is 0.968 bits per heavy atom. The zero-order valence-corrected chi connectivity index (χ0v) is 18.5. The van der Waals surface area contributed by atoms with Crippen LogP contribution in [0.3, 0.4) is 0 Å². The molecule has 2 amide bonds. The van der Waals surface area contributed by atoms with Gasteiger partial charge >= 0.3 is 0 Å². The molecule has 1 fully saturated rings. The molecule has 0 spiro atoms. The fourth-order valence-electron chi connectivity index (χ4n) is 3.75. The summed E-state index contributed by atoms with van der Waals surface area (Å²) in [4.78, 5) is 24.5. The highest BCUT2D eigenvalue weighted by Crippen LogP contribution is 2.35. The zero-order chi connectivity index (χ0) is 22.1. The average molecular weight is 445 g/mol. The first-order chi connectivity index (χ1) is 15.0. The van der Waals surface area contributed by atoms with Crippen LogP contribution < -0.4 is 15.4 Å². The van der Waals surface area contributed by atoms with Crippen molar-refractivity contribution >= 4 is 23.4 Å². The van der Waals surface area contributed by atoms with Gasteiger partial charge in [0.05, 0.1) is 7.11 Å². The third-order valence-corrected chi connectivity index (χ3v) is 6.01. The number of benzene rings is 2. The van der Waals surface area contributed by atoms with Crippen LogP contribution in [-0.4, -0.2) is 38.7 Å². The Kier molecular flexibility index (Phi) is 8.32. The van der Waals surface area contributed by atoms with Crippen LogP contribution in [0.1, 0.15) is 36.8 Å². The Hall–Kier alpha value is -2.57. The second kappa shape index (κ2) is 11.2. The van der Waals surface area contributed by atoms with Crippen LogP contribution in [0.2, 0.25) is 5.02 Å². The molecular weight excluding hydrogens is 416 g/mol. The maximum atomic E-state index is 12.4. The summed E-state index contributed by atoms with van der Waals surface area (Å²) in [6, 6.07) is 15.3. The maximum absolute atomic E-state index is 12.4. The van der Waals surface area contributed by atoms with Crippen molar-refractivity contribution in [3.8, 4) is 5.75 Å². The number of carbonyl (C=O) groups is 2. The highest BCUT2D eigenvalue weighted by atomic mass is 35.5. The van der Waals surface area contributed by atoms with Gasteiger partial charge in [0.2, 0.25) is 11.8 Å². The van der Waals surface area contributed by atoms with E-state index in [1.165, 1.54) is 0 Å². The summed E-state index contributed by atoms with van der Waals surface area (Å²) in [6.07, 6.45) is 1.97. The van der Waals surface area contributed by atoms with E-state index in [0.717, 1.165) is 29.7 Å². The van der Waals surface area contributed by atoms with E-state index < -0.39 is 0 Å². The molecule has 2 N–H and O–H groups in total. The third kappa shape index (κ3) is 6.71. The predicted molar refractivity (Wildman–Crippen MR) is 120 cm³/mol. The minimum atomic E-state index is -0.170. The maximum Gasteiger partial charge on any atom is 0.220 e. The summed E-state index contributed by atoms with van der Waals surface area (Å²) in [5.41, 5.74) is 1.96. The summed E-state index contributed by atoms with van der Waals surface area (Å²) >= 11 is 5.86. The number of nitrogens with one attached hydrogen (secondary N) is 2. The van der Waals surface area contributed by atoms with Gasteiger partial charge in [0.25, 0.3) is 0 Å². The number of ether oxygens (including phenoxy) is 2. The van der Waals surface area contributed by atoms with Gasteiger partial charge in [-0.3, -0.25) is 9.59 Å². The van der Waals surface area contributed by atoms with Gasteiger partial charge in [-0.1, -0.05) is 35.9 Å². The summed E-state index contributed by atoms with van der Waals surface area (Å²) < 4.78 is 10.8. The molecule has 2 aromatic rings. The molecule has 31 heavy (non-hydrogen) atoms. The lowest BCUT2D eigenvalue weighted by atomic mass is 9.74. The van der Waals surface area contributed by atoms with Gasteiger partial charge in [-0.15, -0.1) is 0 Å². The molecule has 2 aromatic carbocycles. The molecule has 7 heteroatoms. The zero-order valence-electron chi connectivity index (χ0n) is 17.8. The fraction of sp³-hybridized carbons (Fsp3) is 0.417. The minimum Gasteiger partial charge on any atom is -0.497 e. The van der Waals surface area contributed by atoms with Crippen molar-refractivity contribution in [3.63, 3.8) is 0 Å². The quantitative estimate of drug-likeness (QED) is 0.619. The second-order valence-corrected chi connectivity index (χ2v) is 8.24. The molecule has 1 heterocycles. The van der Waals surface area contributed by atoms with E-state index in [4.69, 9.17) is 21.1 Å². The highest BCUT2D eigenvalue weighted by molar-refractivity contribution is 6.30. The van der Waals surface area contributed by atoms with E-state index in [-0.39, 0.29) is 30.1 Å². The fourth-order valence-corrected chi connectivity index (χ4v) is 3.87. The van der Waals surface area contributed by atoms with Crippen molar-refractivity contribution in [2.24, 2.45) is 0 Å². The lowest BCUT2D eigenvalue weighted by Crippen LogP contribution is -2.44. The van der Waals surface area contributed by atoms with Crippen molar-refractivity contribution in [2.75, 3.05) is 26.9 Å². The monoisotopic (exact) mass is 444 g/mol. The highest BCUT2D eigenvalue weighted by Gasteiger charge is 2.34. The number of hydrogen-bond donors (Lipinski definition) is 2. The summed E-state index contributed by atoms with van der Waals surface area (Å²) in [5.74, 6) is 0.529. The molecular formula is C24H29ClN2O4. The summed E-state index contributed by atoms with van der Waals surface area (Å²) in [5, 5.41) is 6.52. The number of carbonyl (C=O) groups excluding carboxylic acids is 2. The van der Waals surface area contributed by atoms with E-state index in [1.807, 2.05) is 24.3 Å². The third-order valence-electron chi connectivity index (χ3n) is 5.76. The van der Waals surface area contributed by atoms with Gasteiger partial charge in [-0.2, -0.15) is 0 Å². The normalized spacial score (nSPS) is 15.2.